The number of alkyl halides is 3. The summed E-state index contributed by atoms with van der Waals surface area (Å²) in [6.45, 7) is 5.60. The van der Waals surface area contributed by atoms with Crippen LogP contribution in [0.15, 0.2) is 54.7 Å². The maximum absolute atomic E-state index is 12.8. The highest BCUT2D eigenvalue weighted by Crippen LogP contribution is 2.33. The minimum Gasteiger partial charge on any atom is -0.478 e. The zero-order valence-electron chi connectivity index (χ0n) is 18.8. The first kappa shape index (κ1) is 23.8. The molecule has 0 fully saturated rings. The minimum absolute atomic E-state index is 0.483. The van der Waals surface area contributed by atoms with Gasteiger partial charge >= 0.3 is 12.1 Å². The summed E-state index contributed by atoms with van der Waals surface area (Å²) in [5, 5.41) is 10.9. The lowest BCUT2D eigenvalue weighted by Gasteiger charge is -2.21. The van der Waals surface area contributed by atoms with E-state index in [4.69, 9.17) is 4.74 Å². The Bertz CT molecular complexity index is 1340. The second kappa shape index (κ2) is 8.79. The van der Waals surface area contributed by atoms with E-state index in [9.17, 15) is 23.1 Å². The number of carboxylic acids is 1. The average Bonchev–Trinajstić information content (AvgIpc) is 3.34. The molecule has 34 heavy (non-hydrogen) atoms. The van der Waals surface area contributed by atoms with Crippen molar-refractivity contribution in [1.29, 1.82) is 0 Å². The molecule has 0 bridgehead atoms. The first-order valence-electron chi connectivity index (χ1n) is 10.6. The molecule has 0 saturated carbocycles. The van der Waals surface area contributed by atoms with Gasteiger partial charge in [0.25, 0.3) is 0 Å². The number of benzene rings is 2. The van der Waals surface area contributed by atoms with Gasteiger partial charge in [0.2, 0.25) is 0 Å². The molecule has 0 aliphatic rings. The van der Waals surface area contributed by atoms with Gasteiger partial charge in [0.15, 0.2) is 5.60 Å². The maximum atomic E-state index is 12.8. The second-order valence-corrected chi connectivity index (χ2v) is 9.58. The average molecular weight is 489 g/mol. The Morgan fingerprint density at radius 3 is 2.47 bits per heavy atom. The van der Waals surface area contributed by atoms with E-state index in [0.717, 1.165) is 40.0 Å². The van der Waals surface area contributed by atoms with Gasteiger partial charge in [-0.05, 0) is 57.2 Å². The number of rotatable bonds is 7. The number of nitrogens with zero attached hydrogens (tertiary/aromatic N) is 2. The summed E-state index contributed by atoms with van der Waals surface area (Å²) in [7, 11) is 0. The van der Waals surface area contributed by atoms with Gasteiger partial charge < -0.3 is 14.4 Å². The molecule has 0 aliphatic carbocycles. The molecule has 1 N–H and O–H groups in total. The number of hydrogen-bond acceptors (Lipinski definition) is 4. The molecule has 0 aliphatic heterocycles. The monoisotopic (exact) mass is 488 g/mol. The van der Waals surface area contributed by atoms with Gasteiger partial charge in [-0.2, -0.15) is 13.2 Å². The van der Waals surface area contributed by atoms with Crippen molar-refractivity contribution in [3.05, 3.63) is 70.9 Å². The van der Waals surface area contributed by atoms with Crippen molar-refractivity contribution in [3.8, 4) is 16.3 Å². The molecule has 9 heteroatoms. The van der Waals surface area contributed by atoms with E-state index < -0.39 is 23.3 Å². The van der Waals surface area contributed by atoms with Crippen LogP contribution in [0.25, 0.3) is 21.5 Å². The third kappa shape index (κ3) is 4.94. The van der Waals surface area contributed by atoms with Crippen LogP contribution in [0.3, 0.4) is 0 Å². The van der Waals surface area contributed by atoms with Crippen LogP contribution in [-0.4, -0.2) is 26.2 Å². The number of ether oxygens (including phenoxy) is 1. The zero-order chi connectivity index (χ0) is 24.7. The van der Waals surface area contributed by atoms with E-state index >= 15 is 0 Å². The number of carbonyl (C=O) groups is 1. The van der Waals surface area contributed by atoms with Gasteiger partial charge in [-0.1, -0.05) is 12.1 Å². The van der Waals surface area contributed by atoms with Gasteiger partial charge in [-0.15, -0.1) is 11.3 Å². The van der Waals surface area contributed by atoms with Crippen LogP contribution >= 0.6 is 11.3 Å². The van der Waals surface area contributed by atoms with Crippen LogP contribution in [0.5, 0.6) is 5.75 Å². The number of carboxylic acid groups (broad SMARTS) is 1. The molecule has 5 nitrogen and oxygen atoms in total. The van der Waals surface area contributed by atoms with Crippen molar-refractivity contribution in [1.82, 2.24) is 9.55 Å². The molecule has 4 aromatic rings. The predicted molar refractivity (Wildman–Crippen MR) is 125 cm³/mol. The van der Waals surface area contributed by atoms with E-state index in [-0.39, 0.29) is 0 Å². The highest BCUT2D eigenvalue weighted by molar-refractivity contribution is 7.15. The molecule has 0 saturated heterocycles. The van der Waals surface area contributed by atoms with Crippen molar-refractivity contribution in [2.75, 3.05) is 0 Å². The van der Waals surface area contributed by atoms with Gasteiger partial charge in [0.1, 0.15) is 10.8 Å². The molecule has 4 rings (SSSR count). The lowest BCUT2D eigenvalue weighted by Crippen LogP contribution is -2.37. The van der Waals surface area contributed by atoms with Crippen LogP contribution in [-0.2, 0) is 23.9 Å². The smallest absolute Gasteiger partial charge is 0.416 e. The minimum atomic E-state index is -4.36. The van der Waals surface area contributed by atoms with Crippen molar-refractivity contribution in [3.63, 3.8) is 0 Å². The lowest BCUT2D eigenvalue weighted by atomic mass is 10.1. The van der Waals surface area contributed by atoms with E-state index in [0.29, 0.717) is 22.9 Å². The predicted octanol–water partition coefficient (Wildman–Crippen LogP) is 6.58. The molecule has 0 spiro atoms. The molecule has 0 atom stereocenters. The molecular weight excluding hydrogens is 465 g/mol. The largest absolute Gasteiger partial charge is 0.478 e. The van der Waals surface area contributed by atoms with Crippen molar-refractivity contribution < 1.29 is 27.8 Å². The highest BCUT2D eigenvalue weighted by Gasteiger charge is 2.30. The quantitative estimate of drug-likeness (QED) is 0.319. The van der Waals surface area contributed by atoms with Crippen molar-refractivity contribution in [2.24, 2.45) is 0 Å². The Kier molecular flexibility index (Phi) is 6.16. The third-order valence-electron chi connectivity index (χ3n) is 5.56. The molecule has 0 unspecified atom stereocenters. The second-order valence-electron chi connectivity index (χ2n) is 8.50. The van der Waals surface area contributed by atoms with Crippen LogP contribution in [0.2, 0.25) is 0 Å². The summed E-state index contributed by atoms with van der Waals surface area (Å²) >= 11 is 1.48. The molecule has 2 aromatic heterocycles. The Hall–Kier alpha value is -3.33. The normalized spacial score (nSPS) is 12.3. The first-order chi connectivity index (χ1) is 15.9. The third-order valence-corrected chi connectivity index (χ3v) is 6.83. The molecule has 2 heterocycles. The Balaban J connectivity index is 1.48. The summed E-state index contributed by atoms with van der Waals surface area (Å²) in [6, 6.07) is 12.5. The fraction of sp³-hybridized carbons (Fsp3) is 0.280. The van der Waals surface area contributed by atoms with Crippen LogP contribution < -0.4 is 4.74 Å². The number of aliphatic carboxylic acids is 1. The molecule has 2 aromatic carbocycles. The standard InChI is InChI=1S/C25H23F3N2O3S/c1-15-21(34-22(29-15)16-4-6-18(7-5-16)25(26,27)28)11-13-30-12-10-17-14-19(8-9-20(17)30)33-24(2,3)23(31)32/h4-10,12,14H,11,13H2,1-3H3,(H,31,32). The molecular formula is C25H23F3N2O3S. The number of aryl methyl sites for hydroxylation is 3. The van der Waals surface area contributed by atoms with Crippen LogP contribution in [0.4, 0.5) is 13.2 Å². The zero-order valence-corrected chi connectivity index (χ0v) is 19.6. The van der Waals surface area contributed by atoms with Crippen molar-refractivity contribution >= 4 is 28.2 Å². The maximum Gasteiger partial charge on any atom is 0.416 e. The number of halogens is 3. The molecule has 0 radical (unpaired) electrons. The van der Waals surface area contributed by atoms with Crippen LogP contribution in [0.1, 0.15) is 30.0 Å². The van der Waals surface area contributed by atoms with Gasteiger partial charge in [-0.25, -0.2) is 9.78 Å². The summed E-state index contributed by atoms with van der Waals surface area (Å²) in [4.78, 5) is 16.9. The Morgan fingerprint density at radius 2 is 1.82 bits per heavy atom. The Morgan fingerprint density at radius 1 is 1.12 bits per heavy atom. The van der Waals surface area contributed by atoms with E-state index in [1.165, 1.54) is 37.3 Å². The van der Waals surface area contributed by atoms with Gasteiger partial charge in [0, 0.05) is 40.5 Å². The highest BCUT2D eigenvalue weighted by atomic mass is 32.1. The number of aromatic nitrogens is 2. The summed E-state index contributed by atoms with van der Waals surface area (Å²) < 4.78 is 46.2. The fourth-order valence-electron chi connectivity index (χ4n) is 3.58. The summed E-state index contributed by atoms with van der Waals surface area (Å²) in [6.07, 6.45) is -1.68. The van der Waals surface area contributed by atoms with Gasteiger partial charge in [0.05, 0.1) is 11.3 Å². The van der Waals surface area contributed by atoms with Gasteiger partial charge in [-0.3, -0.25) is 0 Å². The number of hydrogen-bond donors (Lipinski definition) is 1. The summed E-state index contributed by atoms with van der Waals surface area (Å²) in [5.74, 6) is -0.558. The SMILES string of the molecule is Cc1nc(-c2ccc(C(F)(F)F)cc2)sc1CCn1ccc2cc(OC(C)(C)C(=O)O)ccc21. The number of thiazole rings is 1. The fourth-order valence-corrected chi connectivity index (χ4v) is 4.64. The van der Waals surface area contributed by atoms with E-state index in [1.54, 1.807) is 6.07 Å². The number of fused-ring (bicyclic) bond motifs is 1. The van der Waals surface area contributed by atoms with E-state index in [2.05, 4.69) is 9.55 Å². The Labute approximate surface area is 198 Å². The van der Waals surface area contributed by atoms with Crippen molar-refractivity contribution in [2.45, 2.75) is 45.5 Å². The summed E-state index contributed by atoms with van der Waals surface area (Å²) in [5.41, 5.74) is 0.513. The topological polar surface area (TPSA) is 64.4 Å². The van der Waals surface area contributed by atoms with E-state index in [1.807, 2.05) is 31.3 Å². The van der Waals surface area contributed by atoms with Crippen LogP contribution in [0, 0.1) is 6.92 Å². The molecule has 178 valence electrons. The lowest BCUT2D eigenvalue weighted by molar-refractivity contribution is -0.152. The molecule has 0 amide bonds. The first-order valence-corrected chi connectivity index (χ1v) is 11.4.